The van der Waals surface area contributed by atoms with Crippen LogP contribution in [0.1, 0.15) is 18.4 Å². The van der Waals surface area contributed by atoms with Gasteiger partial charge in [-0.3, -0.25) is 9.69 Å². The van der Waals surface area contributed by atoms with Crippen LogP contribution in [0.5, 0.6) is 0 Å². The molecule has 1 aliphatic rings. The van der Waals surface area contributed by atoms with Gasteiger partial charge in [-0.1, -0.05) is 48.0 Å². The molecule has 0 aliphatic carbocycles. The van der Waals surface area contributed by atoms with Crippen LogP contribution in [-0.2, 0) is 21.4 Å². The van der Waals surface area contributed by atoms with Crippen LogP contribution in [0.15, 0.2) is 73.1 Å². The number of amides is 1. The number of halogens is 1. The van der Waals surface area contributed by atoms with E-state index >= 15 is 0 Å². The summed E-state index contributed by atoms with van der Waals surface area (Å²) in [7, 11) is -3.28. The van der Waals surface area contributed by atoms with Crippen LogP contribution in [0.4, 0.5) is 11.6 Å². The van der Waals surface area contributed by atoms with E-state index in [9.17, 15) is 13.2 Å². The van der Waals surface area contributed by atoms with Gasteiger partial charge in [-0.15, -0.1) is 0 Å². The normalized spacial score (nSPS) is 15.0. The first-order chi connectivity index (χ1) is 19.7. The average Bonchev–Trinajstić information content (AvgIpc) is 3.38. The van der Waals surface area contributed by atoms with E-state index in [1.807, 2.05) is 48.7 Å². The number of carbonyl (C=O) groups excluding carboxylic acids is 1. The minimum absolute atomic E-state index is 0.0656. The number of carbonyl (C=O) groups is 1. The zero-order chi connectivity index (χ0) is 28.8. The number of sulfonamides is 1. The number of fused-ring (bicyclic) bond motifs is 1. The molecule has 0 bridgehead atoms. The molecular weight excluding hydrogens is 562 g/mol. The largest absolute Gasteiger partial charge is 0.360 e. The molecule has 0 saturated carbocycles. The molecule has 2 aromatic heterocycles. The fourth-order valence-electron chi connectivity index (χ4n) is 4.81. The van der Waals surface area contributed by atoms with Gasteiger partial charge < -0.3 is 15.6 Å². The Morgan fingerprint density at radius 1 is 1.15 bits per heavy atom. The van der Waals surface area contributed by atoms with Crippen LogP contribution >= 0.6 is 11.6 Å². The molecule has 1 saturated heterocycles. The first-order valence-electron chi connectivity index (χ1n) is 13.3. The Kier molecular flexibility index (Phi) is 8.99. The number of rotatable bonds is 10. The van der Waals surface area contributed by atoms with Crippen LogP contribution in [-0.4, -0.2) is 66.1 Å². The lowest BCUT2D eigenvalue weighted by atomic mass is 10.0. The standard InChI is InChI=1S/C29H32ClN7O3S/c1-41(39,40)33-14-4-7-27(38)34-21-10-8-20(9-11-21)19-37-15-12-22(13-16-37)35-29-32-18-25(30)28(36-29)24-17-31-26-6-3-2-5-23(24)26/h2-11,17-18,22,31,33H,12-16,19H2,1H3,(H,34,38)(H,32,35,36)/b7-4+. The third-order valence-corrected chi connectivity index (χ3v) is 7.84. The molecule has 0 spiro atoms. The van der Waals surface area contributed by atoms with Gasteiger partial charge in [0.2, 0.25) is 21.9 Å². The Balaban J connectivity index is 1.10. The maximum absolute atomic E-state index is 12.0. The zero-order valence-electron chi connectivity index (χ0n) is 22.6. The maximum Gasteiger partial charge on any atom is 0.248 e. The van der Waals surface area contributed by atoms with Crippen molar-refractivity contribution in [2.75, 3.05) is 36.5 Å². The highest BCUT2D eigenvalue weighted by molar-refractivity contribution is 7.88. The van der Waals surface area contributed by atoms with E-state index in [-0.39, 0.29) is 18.5 Å². The molecule has 4 N–H and O–H groups in total. The molecule has 12 heteroatoms. The average molecular weight is 594 g/mol. The van der Waals surface area contributed by atoms with Gasteiger partial charge in [-0.2, -0.15) is 0 Å². The molecule has 0 radical (unpaired) electrons. The van der Waals surface area contributed by atoms with Crippen molar-refractivity contribution in [3.8, 4) is 11.3 Å². The predicted molar refractivity (Wildman–Crippen MR) is 163 cm³/mol. The number of piperidine rings is 1. The lowest BCUT2D eigenvalue weighted by molar-refractivity contribution is -0.111. The number of anilines is 2. The summed E-state index contributed by atoms with van der Waals surface area (Å²) in [5, 5.41) is 7.86. The second-order valence-corrected chi connectivity index (χ2v) is 12.3. The van der Waals surface area contributed by atoms with Crippen LogP contribution < -0.4 is 15.4 Å². The number of aromatic amines is 1. The number of likely N-dealkylation sites (tertiary alicyclic amines) is 1. The van der Waals surface area contributed by atoms with Gasteiger partial charge in [0.25, 0.3) is 0 Å². The number of para-hydroxylation sites is 1. The van der Waals surface area contributed by atoms with E-state index in [1.165, 1.54) is 12.2 Å². The van der Waals surface area contributed by atoms with Crippen LogP contribution in [0.2, 0.25) is 5.02 Å². The number of H-pyrrole nitrogens is 1. The molecule has 1 amide bonds. The Morgan fingerprint density at radius 2 is 1.90 bits per heavy atom. The van der Waals surface area contributed by atoms with Crippen LogP contribution in [0.3, 0.4) is 0 Å². The summed E-state index contributed by atoms with van der Waals surface area (Å²) in [6, 6.07) is 16.1. The lowest BCUT2D eigenvalue weighted by Gasteiger charge is -2.32. The van der Waals surface area contributed by atoms with Gasteiger partial charge in [0.05, 0.1) is 23.2 Å². The first kappa shape index (κ1) is 28.7. The topological polar surface area (TPSA) is 132 Å². The quantitative estimate of drug-likeness (QED) is 0.200. The van der Waals surface area contributed by atoms with E-state index < -0.39 is 10.0 Å². The SMILES string of the molecule is CS(=O)(=O)NC/C=C/C(=O)Nc1ccc(CN2CCC(Nc3ncc(Cl)c(-c4c[nH]c5ccccc45)n3)CC2)cc1. The monoisotopic (exact) mass is 593 g/mol. The Morgan fingerprint density at radius 3 is 2.66 bits per heavy atom. The third kappa shape index (κ3) is 7.92. The van der Waals surface area contributed by atoms with Crippen molar-refractivity contribution in [1.29, 1.82) is 0 Å². The number of benzene rings is 2. The van der Waals surface area contributed by atoms with E-state index in [0.717, 1.165) is 60.8 Å². The summed E-state index contributed by atoms with van der Waals surface area (Å²) >= 11 is 6.48. The molecule has 1 aliphatic heterocycles. The van der Waals surface area contributed by atoms with E-state index in [0.29, 0.717) is 22.4 Å². The number of hydrogen-bond donors (Lipinski definition) is 4. The van der Waals surface area contributed by atoms with Crippen molar-refractivity contribution in [2.45, 2.75) is 25.4 Å². The Hall–Kier alpha value is -3.77. The maximum atomic E-state index is 12.0. The number of hydrogen-bond acceptors (Lipinski definition) is 7. The lowest BCUT2D eigenvalue weighted by Crippen LogP contribution is -2.39. The van der Waals surface area contributed by atoms with Gasteiger partial charge in [-0.05, 0) is 36.6 Å². The summed E-state index contributed by atoms with van der Waals surface area (Å²) in [6.07, 6.45) is 9.35. The van der Waals surface area contributed by atoms with Crippen molar-refractivity contribution >= 4 is 50.1 Å². The summed E-state index contributed by atoms with van der Waals surface area (Å²) in [6.45, 7) is 2.76. The van der Waals surface area contributed by atoms with Gasteiger partial charge >= 0.3 is 0 Å². The van der Waals surface area contributed by atoms with Crippen LogP contribution in [0, 0.1) is 0 Å². The highest BCUT2D eigenvalue weighted by atomic mass is 35.5. The van der Waals surface area contributed by atoms with Gasteiger partial charge in [0, 0.05) is 66.6 Å². The molecule has 0 atom stereocenters. The van der Waals surface area contributed by atoms with Crippen molar-refractivity contribution in [3.63, 3.8) is 0 Å². The van der Waals surface area contributed by atoms with Gasteiger partial charge in [0.15, 0.2) is 0 Å². The van der Waals surface area contributed by atoms with E-state index in [4.69, 9.17) is 16.6 Å². The van der Waals surface area contributed by atoms with Crippen molar-refractivity contribution in [1.82, 2.24) is 24.6 Å². The molecular formula is C29H32ClN7O3S. The number of aromatic nitrogens is 3. The minimum atomic E-state index is -3.28. The molecule has 214 valence electrons. The van der Waals surface area contributed by atoms with Crippen molar-refractivity contribution < 1.29 is 13.2 Å². The molecule has 4 aromatic rings. The summed E-state index contributed by atoms with van der Waals surface area (Å²) in [5.41, 5.74) is 4.53. The fraction of sp³-hybridized carbons (Fsp3) is 0.276. The van der Waals surface area contributed by atoms with Crippen molar-refractivity contribution in [2.24, 2.45) is 0 Å². The second-order valence-electron chi connectivity index (χ2n) is 10.0. The molecule has 41 heavy (non-hydrogen) atoms. The summed E-state index contributed by atoms with van der Waals surface area (Å²) in [4.78, 5) is 26.9. The van der Waals surface area contributed by atoms with Crippen LogP contribution in [0.25, 0.3) is 22.2 Å². The molecule has 2 aromatic carbocycles. The highest BCUT2D eigenvalue weighted by Gasteiger charge is 2.21. The molecule has 10 nitrogen and oxygen atoms in total. The minimum Gasteiger partial charge on any atom is -0.360 e. The Bertz CT molecular complexity index is 1650. The zero-order valence-corrected chi connectivity index (χ0v) is 24.2. The third-order valence-electron chi connectivity index (χ3n) is 6.87. The Labute approximate surface area is 244 Å². The van der Waals surface area contributed by atoms with Gasteiger partial charge in [-0.25, -0.2) is 23.1 Å². The molecule has 5 rings (SSSR count). The number of nitrogens with zero attached hydrogens (tertiary/aromatic N) is 3. The van der Waals surface area contributed by atoms with E-state index in [2.05, 4.69) is 36.3 Å². The second kappa shape index (κ2) is 12.8. The predicted octanol–water partition coefficient (Wildman–Crippen LogP) is 4.40. The molecule has 0 unspecified atom stereocenters. The molecule has 3 heterocycles. The summed E-state index contributed by atoms with van der Waals surface area (Å²) < 4.78 is 24.4. The first-order valence-corrected chi connectivity index (χ1v) is 15.6. The highest BCUT2D eigenvalue weighted by Crippen LogP contribution is 2.32. The molecule has 1 fully saturated rings. The number of nitrogens with one attached hydrogen (secondary N) is 4. The summed E-state index contributed by atoms with van der Waals surface area (Å²) in [5.74, 6) is 0.258. The van der Waals surface area contributed by atoms with E-state index in [1.54, 1.807) is 6.20 Å². The van der Waals surface area contributed by atoms with Crippen molar-refractivity contribution in [3.05, 3.63) is 83.7 Å². The van der Waals surface area contributed by atoms with Gasteiger partial charge in [0.1, 0.15) is 0 Å². The fourth-order valence-corrected chi connectivity index (χ4v) is 5.40. The smallest absolute Gasteiger partial charge is 0.248 e.